The predicted molar refractivity (Wildman–Crippen MR) is 107 cm³/mol. The molecule has 0 amide bonds. The van der Waals surface area contributed by atoms with Crippen LogP contribution in [-0.2, 0) is 21.0 Å². The molecule has 0 N–H and O–H groups in total. The van der Waals surface area contributed by atoms with Crippen LogP contribution in [0.4, 0.5) is 43.9 Å². The van der Waals surface area contributed by atoms with Crippen molar-refractivity contribution in [3.05, 3.63) is 66.7 Å². The molecule has 4 nitrogen and oxygen atoms in total. The number of hydrogen-bond acceptors (Lipinski definition) is 4. The molecule has 0 aromatic heterocycles. The number of ether oxygens (including phenoxy) is 1. The monoisotopic (exact) mass is 572 g/mol. The Labute approximate surface area is 200 Å². The highest BCUT2D eigenvalue weighted by Gasteiger charge is 2.86. The standard InChI is InChI=1S/C19H14F7OS.CHF3O3S/c1-27-13-7-9-15(10-8-13)28(14-5-3-2-4-6-14)17(22)12-11-16(20,21)18(23,24)19(17,25)26;2-1(3,4)8(5,6)7/h2-12H,1H3;(H,5,6,7)/q+1;/p-1. The maximum atomic E-state index is 15.7. The third-order valence-corrected chi connectivity index (χ3v) is 7.64. The van der Waals surface area contributed by atoms with Gasteiger partial charge >= 0.3 is 28.3 Å². The van der Waals surface area contributed by atoms with Crippen molar-refractivity contribution >= 4 is 21.0 Å². The second kappa shape index (κ2) is 9.78. The summed E-state index contributed by atoms with van der Waals surface area (Å²) in [7, 11) is -7.07. The van der Waals surface area contributed by atoms with E-state index in [4.69, 9.17) is 17.7 Å². The van der Waals surface area contributed by atoms with Crippen LogP contribution in [0.5, 0.6) is 5.75 Å². The van der Waals surface area contributed by atoms with E-state index in [1.54, 1.807) is 0 Å². The smallest absolute Gasteiger partial charge is 0.485 e. The van der Waals surface area contributed by atoms with Crippen LogP contribution in [0.1, 0.15) is 0 Å². The third kappa shape index (κ3) is 5.29. The van der Waals surface area contributed by atoms with Crippen molar-refractivity contribution in [2.24, 2.45) is 0 Å². The molecule has 2 aromatic carbocycles. The highest BCUT2D eigenvalue weighted by molar-refractivity contribution is 7.98. The van der Waals surface area contributed by atoms with Gasteiger partial charge < -0.3 is 9.29 Å². The van der Waals surface area contributed by atoms with Gasteiger partial charge in [-0.15, -0.1) is 0 Å². The average molecular weight is 572 g/mol. The van der Waals surface area contributed by atoms with Crippen LogP contribution in [0.3, 0.4) is 0 Å². The number of alkyl halides is 10. The first-order chi connectivity index (χ1) is 16.2. The van der Waals surface area contributed by atoms with Gasteiger partial charge in [-0.2, -0.15) is 43.9 Å². The minimum absolute atomic E-state index is 0.0412. The molecule has 16 heteroatoms. The lowest BCUT2D eigenvalue weighted by Gasteiger charge is -2.40. The molecule has 3 rings (SSSR count). The maximum absolute atomic E-state index is 15.7. The van der Waals surface area contributed by atoms with Gasteiger partial charge in [-0.3, -0.25) is 0 Å². The molecule has 200 valence electrons. The Morgan fingerprint density at radius 2 is 1.22 bits per heavy atom. The van der Waals surface area contributed by atoms with Crippen molar-refractivity contribution < 1.29 is 61.6 Å². The van der Waals surface area contributed by atoms with E-state index in [0.717, 1.165) is 0 Å². The summed E-state index contributed by atoms with van der Waals surface area (Å²) in [6.07, 6.45) is -0.609. The second-order valence-electron chi connectivity index (χ2n) is 6.94. The van der Waals surface area contributed by atoms with Crippen LogP contribution in [0, 0.1) is 0 Å². The number of methoxy groups -OCH3 is 1. The van der Waals surface area contributed by atoms with E-state index in [0.29, 0.717) is 5.75 Å². The van der Waals surface area contributed by atoms with Gasteiger partial charge in [0.15, 0.2) is 19.9 Å². The Morgan fingerprint density at radius 1 is 0.778 bits per heavy atom. The lowest BCUT2D eigenvalue weighted by atomic mass is 9.93. The Morgan fingerprint density at radius 3 is 1.64 bits per heavy atom. The van der Waals surface area contributed by atoms with Gasteiger partial charge in [0.05, 0.1) is 7.11 Å². The van der Waals surface area contributed by atoms with Gasteiger partial charge in [0, 0.05) is 6.08 Å². The van der Waals surface area contributed by atoms with E-state index in [2.05, 4.69) is 0 Å². The molecule has 0 radical (unpaired) electrons. The van der Waals surface area contributed by atoms with Gasteiger partial charge in [-0.05, 0) is 42.5 Å². The summed E-state index contributed by atoms with van der Waals surface area (Å²) in [6, 6.07) is 12.1. The predicted octanol–water partition coefficient (Wildman–Crippen LogP) is 5.92. The van der Waals surface area contributed by atoms with E-state index in [-0.39, 0.29) is 15.9 Å². The fourth-order valence-corrected chi connectivity index (χ4v) is 5.17. The molecule has 0 spiro atoms. The molecule has 0 heterocycles. The molecule has 36 heavy (non-hydrogen) atoms. The van der Waals surface area contributed by atoms with Gasteiger partial charge in [-0.25, -0.2) is 8.42 Å². The van der Waals surface area contributed by atoms with Gasteiger partial charge in [0.2, 0.25) is 0 Å². The van der Waals surface area contributed by atoms with Gasteiger partial charge in [0.1, 0.15) is 16.6 Å². The van der Waals surface area contributed by atoms with Crippen LogP contribution >= 0.6 is 0 Å². The first-order valence-corrected chi connectivity index (χ1v) is 11.8. The minimum atomic E-state index is -6.09. The normalized spacial score (nSPS) is 23.2. The summed E-state index contributed by atoms with van der Waals surface area (Å²) >= 11 is 0. The zero-order chi connectivity index (χ0) is 27.8. The Bertz CT molecular complexity index is 1180. The molecular formula is C20H14F10O4S2. The average Bonchev–Trinajstić information content (AvgIpc) is 2.77. The van der Waals surface area contributed by atoms with Crippen LogP contribution in [0.15, 0.2) is 76.5 Å². The van der Waals surface area contributed by atoms with Crippen molar-refractivity contribution in [1.29, 1.82) is 0 Å². The van der Waals surface area contributed by atoms with E-state index in [1.165, 1.54) is 61.7 Å². The zero-order valence-electron chi connectivity index (χ0n) is 17.6. The molecule has 0 saturated carbocycles. The quantitative estimate of drug-likeness (QED) is 0.150. The molecule has 2 atom stereocenters. The summed E-state index contributed by atoms with van der Waals surface area (Å²) in [4.78, 5) is -0.111. The summed E-state index contributed by atoms with van der Waals surface area (Å²) in [5.74, 6) is -16.4. The van der Waals surface area contributed by atoms with Gasteiger partial charge in [-0.1, -0.05) is 18.2 Å². The number of allylic oxidation sites excluding steroid dienone is 1. The van der Waals surface area contributed by atoms with Gasteiger partial charge in [0.25, 0.3) is 0 Å². The Balaban J connectivity index is 0.000000493. The third-order valence-electron chi connectivity index (χ3n) is 4.60. The van der Waals surface area contributed by atoms with Crippen molar-refractivity contribution in [2.45, 2.75) is 38.1 Å². The van der Waals surface area contributed by atoms with Crippen LogP contribution in [0.25, 0.3) is 0 Å². The fraction of sp³-hybridized carbons (Fsp3) is 0.300. The highest BCUT2D eigenvalue weighted by Crippen LogP contribution is 2.60. The summed E-state index contributed by atoms with van der Waals surface area (Å²) in [6.45, 7) is 0. The Hall–Kier alpha value is -2.46. The maximum Gasteiger partial charge on any atom is 0.485 e. The lowest BCUT2D eigenvalue weighted by molar-refractivity contribution is -0.317. The fourth-order valence-electron chi connectivity index (χ4n) is 2.79. The summed E-state index contributed by atoms with van der Waals surface area (Å²) in [5, 5.41) is -4.08. The Kier molecular flexibility index (Phi) is 8.08. The van der Waals surface area contributed by atoms with Crippen LogP contribution < -0.4 is 4.74 Å². The molecule has 0 aliphatic heterocycles. The number of hydrogen-bond donors (Lipinski definition) is 0. The van der Waals surface area contributed by atoms with E-state index in [1.807, 2.05) is 0 Å². The van der Waals surface area contributed by atoms with Crippen LogP contribution in [0.2, 0.25) is 0 Å². The SMILES string of the molecule is COc1ccc([S+](c2ccccc2)C2(F)C=CC(F)(F)C(F)(F)C2(F)F)cc1.O=S(=O)([O-])C(F)(F)F. The van der Waals surface area contributed by atoms with Crippen molar-refractivity contribution in [1.82, 2.24) is 0 Å². The lowest BCUT2D eigenvalue weighted by Crippen LogP contribution is -2.67. The molecule has 2 unspecified atom stereocenters. The second-order valence-corrected chi connectivity index (χ2v) is 10.5. The van der Waals surface area contributed by atoms with E-state index in [9.17, 15) is 39.5 Å². The highest BCUT2D eigenvalue weighted by atomic mass is 32.2. The molecule has 2 aromatic rings. The van der Waals surface area contributed by atoms with E-state index >= 15 is 4.39 Å². The first-order valence-electron chi connectivity index (χ1n) is 9.21. The van der Waals surface area contributed by atoms with Crippen molar-refractivity contribution in [3.63, 3.8) is 0 Å². The number of rotatable bonds is 4. The molecule has 1 aliphatic rings. The summed E-state index contributed by atoms with van der Waals surface area (Å²) in [5.41, 5.74) is -5.65. The topological polar surface area (TPSA) is 66.4 Å². The molecular weight excluding hydrogens is 558 g/mol. The van der Waals surface area contributed by atoms with E-state index < -0.39 is 55.4 Å². The zero-order valence-corrected chi connectivity index (χ0v) is 19.2. The minimum Gasteiger partial charge on any atom is -0.741 e. The van der Waals surface area contributed by atoms with Crippen LogP contribution in [-0.4, -0.2) is 48.4 Å². The van der Waals surface area contributed by atoms with Crippen molar-refractivity contribution in [2.75, 3.05) is 7.11 Å². The number of benzene rings is 2. The molecule has 0 bridgehead atoms. The number of halogens is 10. The first kappa shape index (κ1) is 29.8. The molecule has 1 aliphatic carbocycles. The summed E-state index contributed by atoms with van der Waals surface area (Å²) < 4.78 is 164. The largest absolute Gasteiger partial charge is 0.741 e. The van der Waals surface area contributed by atoms with Crippen molar-refractivity contribution in [3.8, 4) is 5.75 Å². The molecule has 0 fully saturated rings. The molecule has 0 saturated heterocycles.